The molecule has 0 bridgehead atoms. The topological polar surface area (TPSA) is 51.0 Å². The summed E-state index contributed by atoms with van der Waals surface area (Å²) in [5, 5.41) is 11.8. The molecule has 4 nitrogen and oxygen atoms in total. The second-order valence-electron chi connectivity index (χ2n) is 6.11. The average Bonchev–Trinajstić information content (AvgIpc) is 3.16. The second kappa shape index (κ2) is 6.51. The van der Waals surface area contributed by atoms with E-state index in [4.69, 9.17) is 4.42 Å². The summed E-state index contributed by atoms with van der Waals surface area (Å²) < 4.78 is 5.71. The highest BCUT2D eigenvalue weighted by atomic mass is 16.4. The molecule has 0 amide bonds. The lowest BCUT2D eigenvalue weighted by Crippen LogP contribution is -2.19. The van der Waals surface area contributed by atoms with Crippen LogP contribution >= 0.6 is 0 Å². The first-order chi connectivity index (χ1) is 9.40. The molecular formula is C15H25N3O. The molecule has 0 unspecified atom stereocenters. The summed E-state index contributed by atoms with van der Waals surface area (Å²) in [6.07, 6.45) is 12.8. The average molecular weight is 263 g/mol. The maximum Gasteiger partial charge on any atom is 0.217 e. The monoisotopic (exact) mass is 263 g/mol. The summed E-state index contributed by atoms with van der Waals surface area (Å²) in [6, 6.07) is 0.758. The molecule has 1 N–H and O–H groups in total. The lowest BCUT2D eigenvalue weighted by molar-refractivity contribution is 0.326. The van der Waals surface area contributed by atoms with Gasteiger partial charge >= 0.3 is 0 Å². The van der Waals surface area contributed by atoms with Crippen LogP contribution < -0.4 is 5.32 Å². The fourth-order valence-corrected chi connectivity index (χ4v) is 2.96. The van der Waals surface area contributed by atoms with E-state index < -0.39 is 0 Å². The molecule has 0 aliphatic heterocycles. The summed E-state index contributed by atoms with van der Waals surface area (Å²) in [4.78, 5) is 0. The SMILES string of the molecule is C1CCC(CCc2nnc(CCNC3CC3)o2)CC1. The van der Waals surface area contributed by atoms with Crippen LogP contribution in [0.2, 0.25) is 0 Å². The number of rotatable bonds is 7. The number of hydrogen-bond acceptors (Lipinski definition) is 4. The first-order valence-corrected chi connectivity index (χ1v) is 7.95. The van der Waals surface area contributed by atoms with Gasteiger partial charge in [-0.15, -0.1) is 10.2 Å². The van der Waals surface area contributed by atoms with Crippen LogP contribution in [0.1, 0.15) is 63.1 Å². The van der Waals surface area contributed by atoms with Gasteiger partial charge in [-0.1, -0.05) is 32.1 Å². The number of nitrogens with one attached hydrogen (secondary N) is 1. The Kier molecular flexibility index (Phi) is 4.49. The van der Waals surface area contributed by atoms with E-state index in [1.807, 2.05) is 0 Å². The van der Waals surface area contributed by atoms with Crippen LogP contribution in [0, 0.1) is 5.92 Å². The van der Waals surface area contributed by atoms with Crippen molar-refractivity contribution in [1.29, 1.82) is 0 Å². The number of aromatic nitrogens is 2. The zero-order chi connectivity index (χ0) is 12.9. The van der Waals surface area contributed by atoms with E-state index in [1.165, 1.54) is 51.4 Å². The van der Waals surface area contributed by atoms with Gasteiger partial charge in [0.1, 0.15) is 0 Å². The molecule has 106 valence electrons. The lowest BCUT2D eigenvalue weighted by Gasteiger charge is -2.20. The minimum Gasteiger partial charge on any atom is -0.425 e. The Morgan fingerprint density at radius 2 is 1.68 bits per heavy atom. The van der Waals surface area contributed by atoms with Gasteiger partial charge in [0.15, 0.2) is 0 Å². The Morgan fingerprint density at radius 1 is 0.947 bits per heavy atom. The Balaban J connectivity index is 1.36. The quantitative estimate of drug-likeness (QED) is 0.822. The third kappa shape index (κ3) is 4.30. The van der Waals surface area contributed by atoms with Crippen molar-refractivity contribution in [2.45, 2.75) is 70.3 Å². The largest absolute Gasteiger partial charge is 0.425 e. The van der Waals surface area contributed by atoms with Crippen LogP contribution in [-0.2, 0) is 12.8 Å². The molecule has 19 heavy (non-hydrogen) atoms. The number of aryl methyl sites for hydroxylation is 1. The van der Waals surface area contributed by atoms with Crippen LogP contribution in [0.4, 0.5) is 0 Å². The van der Waals surface area contributed by atoms with Crippen molar-refractivity contribution in [2.24, 2.45) is 5.92 Å². The van der Waals surface area contributed by atoms with Crippen molar-refractivity contribution in [3.05, 3.63) is 11.8 Å². The van der Waals surface area contributed by atoms with Gasteiger partial charge < -0.3 is 9.73 Å². The van der Waals surface area contributed by atoms with Gasteiger partial charge in [-0.25, -0.2) is 0 Å². The maximum atomic E-state index is 5.71. The fourth-order valence-electron chi connectivity index (χ4n) is 2.96. The van der Waals surface area contributed by atoms with E-state index in [1.54, 1.807) is 0 Å². The Bertz CT molecular complexity index is 380. The smallest absolute Gasteiger partial charge is 0.217 e. The number of nitrogens with zero attached hydrogens (tertiary/aromatic N) is 2. The van der Waals surface area contributed by atoms with Gasteiger partial charge in [-0.05, 0) is 25.2 Å². The normalized spacial score (nSPS) is 20.8. The highest BCUT2D eigenvalue weighted by Crippen LogP contribution is 2.27. The fraction of sp³-hybridized carbons (Fsp3) is 0.867. The van der Waals surface area contributed by atoms with Gasteiger partial charge in [-0.2, -0.15) is 0 Å². The minimum atomic E-state index is 0.758. The predicted octanol–water partition coefficient (Wildman–Crippen LogP) is 2.88. The third-order valence-electron chi connectivity index (χ3n) is 4.35. The van der Waals surface area contributed by atoms with E-state index in [9.17, 15) is 0 Å². The van der Waals surface area contributed by atoms with E-state index in [0.717, 1.165) is 43.1 Å². The highest BCUT2D eigenvalue weighted by molar-refractivity contribution is 4.86. The molecule has 1 aromatic heterocycles. The van der Waals surface area contributed by atoms with E-state index in [0.29, 0.717) is 0 Å². The van der Waals surface area contributed by atoms with Crippen molar-refractivity contribution in [3.63, 3.8) is 0 Å². The van der Waals surface area contributed by atoms with Crippen molar-refractivity contribution in [1.82, 2.24) is 15.5 Å². The third-order valence-corrected chi connectivity index (χ3v) is 4.35. The second-order valence-corrected chi connectivity index (χ2v) is 6.11. The van der Waals surface area contributed by atoms with E-state index >= 15 is 0 Å². The molecule has 0 spiro atoms. The summed E-state index contributed by atoms with van der Waals surface area (Å²) in [7, 11) is 0. The molecule has 2 saturated carbocycles. The van der Waals surface area contributed by atoms with E-state index in [-0.39, 0.29) is 0 Å². The Hall–Kier alpha value is -0.900. The summed E-state index contributed by atoms with van der Waals surface area (Å²) >= 11 is 0. The minimum absolute atomic E-state index is 0.758. The van der Waals surface area contributed by atoms with Crippen molar-refractivity contribution >= 4 is 0 Å². The molecule has 2 aliphatic carbocycles. The molecule has 2 fully saturated rings. The molecule has 3 rings (SSSR count). The number of hydrogen-bond donors (Lipinski definition) is 1. The Morgan fingerprint density at radius 3 is 2.42 bits per heavy atom. The lowest BCUT2D eigenvalue weighted by atomic mass is 9.86. The summed E-state index contributed by atoms with van der Waals surface area (Å²) in [5.41, 5.74) is 0. The molecule has 0 atom stereocenters. The highest BCUT2D eigenvalue weighted by Gasteiger charge is 2.20. The van der Waals surface area contributed by atoms with Gasteiger partial charge in [0.2, 0.25) is 11.8 Å². The van der Waals surface area contributed by atoms with Crippen LogP contribution in [0.15, 0.2) is 4.42 Å². The van der Waals surface area contributed by atoms with Gasteiger partial charge in [0.05, 0.1) is 0 Å². The summed E-state index contributed by atoms with van der Waals surface area (Å²) in [5.74, 6) is 2.53. The van der Waals surface area contributed by atoms with Crippen LogP contribution in [0.25, 0.3) is 0 Å². The molecule has 4 heteroatoms. The Labute approximate surface area is 115 Å². The van der Waals surface area contributed by atoms with Crippen molar-refractivity contribution in [3.8, 4) is 0 Å². The maximum absolute atomic E-state index is 5.71. The van der Waals surface area contributed by atoms with Crippen LogP contribution in [0.5, 0.6) is 0 Å². The molecular weight excluding hydrogens is 238 g/mol. The van der Waals surface area contributed by atoms with Crippen LogP contribution in [0.3, 0.4) is 0 Å². The molecule has 0 saturated heterocycles. The van der Waals surface area contributed by atoms with E-state index in [2.05, 4.69) is 15.5 Å². The molecule has 1 aromatic rings. The summed E-state index contributed by atoms with van der Waals surface area (Å²) in [6.45, 7) is 0.967. The zero-order valence-corrected chi connectivity index (χ0v) is 11.7. The van der Waals surface area contributed by atoms with Gasteiger partial charge in [0, 0.05) is 25.4 Å². The standard InChI is InChI=1S/C15H25N3O/c1-2-4-12(5-3-1)6-9-14-17-18-15(19-14)10-11-16-13-7-8-13/h12-13,16H,1-11H2. The van der Waals surface area contributed by atoms with Gasteiger partial charge in [0.25, 0.3) is 0 Å². The zero-order valence-electron chi connectivity index (χ0n) is 11.7. The first-order valence-electron chi connectivity index (χ1n) is 7.95. The molecule has 0 radical (unpaired) electrons. The van der Waals surface area contributed by atoms with Crippen molar-refractivity contribution in [2.75, 3.05) is 6.54 Å². The first kappa shape index (κ1) is 13.1. The molecule has 1 heterocycles. The predicted molar refractivity (Wildman–Crippen MR) is 73.9 cm³/mol. The molecule has 2 aliphatic rings. The van der Waals surface area contributed by atoms with Gasteiger partial charge in [-0.3, -0.25) is 0 Å². The van der Waals surface area contributed by atoms with Crippen molar-refractivity contribution < 1.29 is 4.42 Å². The molecule has 0 aromatic carbocycles. The van der Waals surface area contributed by atoms with Crippen LogP contribution in [-0.4, -0.2) is 22.8 Å².